The van der Waals surface area contributed by atoms with Gasteiger partial charge in [-0.25, -0.2) is 4.98 Å². The van der Waals surface area contributed by atoms with Gasteiger partial charge in [-0.1, -0.05) is 6.92 Å². The molecule has 0 unspecified atom stereocenters. The van der Waals surface area contributed by atoms with E-state index < -0.39 is 0 Å². The number of nitrogens with zero attached hydrogens (tertiary/aromatic N) is 3. The standard InChI is InChI=1S/C14H16N4O/c1-3-8-18-10(2)16-12-9-11(4-5-13(12)18)17-14(19)6-7-15/h4-5,9H,3,6,8H2,1-2H3,(H,17,19). The van der Waals surface area contributed by atoms with Crippen LogP contribution in [0.3, 0.4) is 0 Å². The van der Waals surface area contributed by atoms with Crippen molar-refractivity contribution in [1.82, 2.24) is 9.55 Å². The zero-order valence-electron chi connectivity index (χ0n) is 11.1. The van der Waals surface area contributed by atoms with Gasteiger partial charge in [0.2, 0.25) is 5.91 Å². The molecule has 0 aliphatic rings. The van der Waals surface area contributed by atoms with Crippen LogP contribution in [-0.2, 0) is 11.3 Å². The molecule has 1 amide bonds. The maximum atomic E-state index is 11.4. The van der Waals surface area contributed by atoms with E-state index in [9.17, 15) is 4.79 Å². The summed E-state index contributed by atoms with van der Waals surface area (Å²) in [5.74, 6) is 0.670. The van der Waals surface area contributed by atoms with Crippen LogP contribution in [0, 0.1) is 18.3 Å². The van der Waals surface area contributed by atoms with Crippen LogP contribution >= 0.6 is 0 Å². The van der Waals surface area contributed by atoms with E-state index in [0.29, 0.717) is 5.69 Å². The Bertz CT molecular complexity index is 651. The molecule has 2 aromatic rings. The molecule has 0 atom stereocenters. The molecule has 1 N–H and O–H groups in total. The van der Waals surface area contributed by atoms with Crippen LogP contribution in [0.25, 0.3) is 11.0 Å². The molecule has 0 saturated carbocycles. The van der Waals surface area contributed by atoms with Crippen molar-refractivity contribution < 1.29 is 4.79 Å². The number of aromatic nitrogens is 2. The quantitative estimate of drug-likeness (QED) is 0.914. The first-order valence-corrected chi connectivity index (χ1v) is 6.29. The Morgan fingerprint density at radius 3 is 3.00 bits per heavy atom. The van der Waals surface area contributed by atoms with Gasteiger partial charge in [0.1, 0.15) is 12.2 Å². The Labute approximate surface area is 111 Å². The van der Waals surface area contributed by atoms with E-state index >= 15 is 0 Å². The van der Waals surface area contributed by atoms with Crippen molar-refractivity contribution in [2.75, 3.05) is 5.32 Å². The van der Waals surface area contributed by atoms with Crippen LogP contribution < -0.4 is 5.32 Å². The minimum absolute atomic E-state index is 0.138. The van der Waals surface area contributed by atoms with E-state index in [-0.39, 0.29) is 12.3 Å². The molecule has 5 heteroatoms. The maximum Gasteiger partial charge on any atom is 0.238 e. The lowest BCUT2D eigenvalue weighted by atomic mass is 10.2. The molecule has 19 heavy (non-hydrogen) atoms. The van der Waals surface area contributed by atoms with Crippen molar-refractivity contribution in [3.63, 3.8) is 0 Å². The van der Waals surface area contributed by atoms with Crippen molar-refractivity contribution in [1.29, 1.82) is 5.26 Å². The predicted octanol–water partition coefficient (Wildman–Crippen LogP) is 2.61. The Morgan fingerprint density at radius 2 is 2.32 bits per heavy atom. The summed E-state index contributed by atoms with van der Waals surface area (Å²) in [5.41, 5.74) is 2.60. The molecule has 0 fully saturated rings. The number of nitriles is 1. The van der Waals surface area contributed by atoms with Gasteiger partial charge in [-0.05, 0) is 31.5 Å². The first-order chi connectivity index (χ1) is 9.15. The second-order valence-electron chi connectivity index (χ2n) is 4.40. The second kappa shape index (κ2) is 5.53. The van der Waals surface area contributed by atoms with Gasteiger partial charge in [0.25, 0.3) is 0 Å². The zero-order valence-corrected chi connectivity index (χ0v) is 11.1. The molecule has 0 saturated heterocycles. The summed E-state index contributed by atoms with van der Waals surface area (Å²) >= 11 is 0. The van der Waals surface area contributed by atoms with E-state index in [0.717, 1.165) is 29.8 Å². The van der Waals surface area contributed by atoms with Crippen molar-refractivity contribution in [2.24, 2.45) is 0 Å². The lowest BCUT2D eigenvalue weighted by Gasteiger charge is -2.05. The molecule has 0 bridgehead atoms. The van der Waals surface area contributed by atoms with Gasteiger partial charge in [-0.3, -0.25) is 4.79 Å². The summed E-state index contributed by atoms with van der Waals surface area (Å²) < 4.78 is 2.16. The largest absolute Gasteiger partial charge is 0.328 e. The lowest BCUT2D eigenvalue weighted by molar-refractivity contribution is -0.115. The lowest BCUT2D eigenvalue weighted by Crippen LogP contribution is -2.09. The summed E-state index contributed by atoms with van der Waals surface area (Å²) in [5, 5.41) is 11.1. The number of rotatable bonds is 4. The highest BCUT2D eigenvalue weighted by Gasteiger charge is 2.08. The molecular weight excluding hydrogens is 240 g/mol. The summed E-state index contributed by atoms with van der Waals surface area (Å²) in [6, 6.07) is 7.45. The van der Waals surface area contributed by atoms with Gasteiger partial charge in [0.05, 0.1) is 17.1 Å². The third-order valence-electron chi connectivity index (χ3n) is 2.91. The minimum Gasteiger partial charge on any atom is -0.328 e. The molecule has 5 nitrogen and oxygen atoms in total. The number of imidazole rings is 1. The number of hydrogen-bond donors (Lipinski definition) is 1. The Morgan fingerprint density at radius 1 is 1.53 bits per heavy atom. The molecule has 0 aliphatic carbocycles. The maximum absolute atomic E-state index is 11.4. The van der Waals surface area contributed by atoms with Gasteiger partial charge < -0.3 is 9.88 Å². The molecule has 0 aliphatic heterocycles. The average Bonchev–Trinajstić information content (AvgIpc) is 2.66. The fourth-order valence-corrected chi connectivity index (χ4v) is 2.11. The number of nitrogens with one attached hydrogen (secondary N) is 1. The zero-order chi connectivity index (χ0) is 13.8. The molecule has 2 rings (SSSR count). The average molecular weight is 256 g/mol. The second-order valence-corrected chi connectivity index (χ2v) is 4.40. The molecule has 1 aromatic heterocycles. The monoisotopic (exact) mass is 256 g/mol. The fraction of sp³-hybridized carbons (Fsp3) is 0.357. The number of fused-ring (bicyclic) bond motifs is 1. The van der Waals surface area contributed by atoms with Gasteiger partial charge >= 0.3 is 0 Å². The van der Waals surface area contributed by atoms with E-state index in [1.165, 1.54) is 0 Å². The highest BCUT2D eigenvalue weighted by atomic mass is 16.1. The smallest absolute Gasteiger partial charge is 0.238 e. The first-order valence-electron chi connectivity index (χ1n) is 6.29. The van der Waals surface area contributed by atoms with Crippen LogP contribution in [0.2, 0.25) is 0 Å². The minimum atomic E-state index is -0.299. The van der Waals surface area contributed by atoms with Crippen LogP contribution in [-0.4, -0.2) is 15.5 Å². The molecule has 0 radical (unpaired) electrons. The summed E-state index contributed by atoms with van der Waals surface area (Å²) in [6.45, 7) is 5.04. The van der Waals surface area contributed by atoms with Crippen molar-refractivity contribution in [3.05, 3.63) is 24.0 Å². The Balaban J connectivity index is 2.32. The summed E-state index contributed by atoms with van der Waals surface area (Å²) in [6.07, 6.45) is 0.911. The fourth-order valence-electron chi connectivity index (χ4n) is 2.11. The summed E-state index contributed by atoms with van der Waals surface area (Å²) in [4.78, 5) is 15.9. The van der Waals surface area contributed by atoms with E-state index in [4.69, 9.17) is 5.26 Å². The third kappa shape index (κ3) is 2.74. The normalized spacial score (nSPS) is 10.4. The van der Waals surface area contributed by atoms with Gasteiger partial charge in [0, 0.05) is 12.2 Å². The van der Waals surface area contributed by atoms with Crippen LogP contribution in [0.5, 0.6) is 0 Å². The SMILES string of the molecule is CCCn1c(C)nc2cc(NC(=O)CC#N)ccc21. The van der Waals surface area contributed by atoms with Crippen LogP contribution in [0.4, 0.5) is 5.69 Å². The third-order valence-corrected chi connectivity index (χ3v) is 2.91. The topological polar surface area (TPSA) is 70.7 Å². The van der Waals surface area contributed by atoms with Crippen molar-refractivity contribution >= 4 is 22.6 Å². The molecular formula is C14H16N4O. The number of aryl methyl sites for hydroxylation is 2. The number of carbonyl (C=O) groups excluding carboxylic acids is 1. The van der Waals surface area contributed by atoms with Crippen molar-refractivity contribution in [2.45, 2.75) is 33.2 Å². The highest BCUT2D eigenvalue weighted by Crippen LogP contribution is 2.20. The van der Waals surface area contributed by atoms with Gasteiger partial charge in [0.15, 0.2) is 0 Å². The van der Waals surface area contributed by atoms with Gasteiger partial charge in [-0.15, -0.1) is 0 Å². The molecule has 1 aromatic carbocycles. The van der Waals surface area contributed by atoms with Gasteiger partial charge in [-0.2, -0.15) is 5.26 Å². The first kappa shape index (κ1) is 13.1. The predicted molar refractivity (Wildman–Crippen MR) is 73.6 cm³/mol. The summed E-state index contributed by atoms with van der Waals surface area (Å²) in [7, 11) is 0. The molecule has 98 valence electrons. The number of carbonyl (C=O) groups is 1. The van der Waals surface area contributed by atoms with E-state index in [2.05, 4.69) is 21.8 Å². The molecule has 0 spiro atoms. The molecule has 1 heterocycles. The number of amides is 1. The van der Waals surface area contributed by atoms with Crippen LogP contribution in [0.1, 0.15) is 25.6 Å². The van der Waals surface area contributed by atoms with Crippen LogP contribution in [0.15, 0.2) is 18.2 Å². The highest BCUT2D eigenvalue weighted by molar-refractivity contribution is 5.94. The Hall–Kier alpha value is -2.35. The Kier molecular flexibility index (Phi) is 3.81. The van der Waals surface area contributed by atoms with Crippen molar-refractivity contribution in [3.8, 4) is 6.07 Å². The number of hydrogen-bond acceptors (Lipinski definition) is 3. The number of anilines is 1. The van der Waals surface area contributed by atoms with E-state index in [1.54, 1.807) is 0 Å². The van der Waals surface area contributed by atoms with E-state index in [1.807, 2.05) is 31.2 Å². The number of benzene rings is 1.